The van der Waals surface area contributed by atoms with E-state index in [1.165, 1.54) is 35.1 Å². The van der Waals surface area contributed by atoms with Crippen LogP contribution in [0.25, 0.3) is 10.8 Å². The predicted octanol–water partition coefficient (Wildman–Crippen LogP) is 3.40. The molecule has 0 atom stereocenters. The molecular weight excluding hydrogens is 316 g/mol. The van der Waals surface area contributed by atoms with Crippen molar-refractivity contribution >= 4 is 28.1 Å². The van der Waals surface area contributed by atoms with Gasteiger partial charge in [-0.3, -0.25) is 0 Å². The van der Waals surface area contributed by atoms with Crippen LogP contribution in [-0.4, -0.2) is 26.2 Å². The Kier molecular flexibility index (Phi) is 4.42. The van der Waals surface area contributed by atoms with Crippen LogP contribution >= 0.6 is 11.6 Å². The maximum absolute atomic E-state index is 6.12. The summed E-state index contributed by atoms with van der Waals surface area (Å²) < 4.78 is 0. The van der Waals surface area contributed by atoms with Gasteiger partial charge in [0.15, 0.2) is 0 Å². The molecule has 0 aromatic heterocycles. The average Bonchev–Trinajstić information content (AvgIpc) is 2.62. The molecule has 0 bridgehead atoms. The summed E-state index contributed by atoms with van der Waals surface area (Å²) in [6, 6.07) is 23.6. The van der Waals surface area contributed by atoms with Crippen molar-refractivity contribution in [3.63, 3.8) is 0 Å². The smallest absolute Gasteiger partial charge is 0.103 e. The monoisotopic (exact) mass is 337 g/mol. The van der Waals surface area contributed by atoms with Crippen molar-refractivity contribution in [3.8, 4) is 0 Å². The first-order chi connectivity index (χ1) is 11.8. The van der Waals surface area contributed by atoms with Crippen molar-refractivity contribution in [1.82, 2.24) is 0 Å². The summed E-state index contributed by atoms with van der Waals surface area (Å²) in [6.07, 6.45) is 0. The number of hydrogen-bond acceptors (Lipinski definition) is 1. The van der Waals surface area contributed by atoms with Gasteiger partial charge in [-0.25, -0.2) is 0 Å². The number of nitrogens with one attached hydrogen (secondary N) is 1. The molecule has 1 N–H and O–H groups in total. The highest BCUT2D eigenvalue weighted by atomic mass is 35.5. The molecule has 3 heteroatoms. The maximum Gasteiger partial charge on any atom is 0.103 e. The molecule has 1 heterocycles. The van der Waals surface area contributed by atoms with Gasteiger partial charge in [0.2, 0.25) is 0 Å². The van der Waals surface area contributed by atoms with Crippen LogP contribution in [0, 0.1) is 0 Å². The topological polar surface area (TPSA) is 7.68 Å². The van der Waals surface area contributed by atoms with E-state index in [2.05, 4.69) is 59.5 Å². The molecule has 4 rings (SSSR count). The summed E-state index contributed by atoms with van der Waals surface area (Å²) >= 11 is 6.12. The van der Waals surface area contributed by atoms with E-state index in [1.807, 2.05) is 12.1 Å². The molecule has 1 aliphatic rings. The van der Waals surface area contributed by atoms with E-state index in [4.69, 9.17) is 11.6 Å². The Morgan fingerprint density at radius 1 is 0.833 bits per heavy atom. The number of fused-ring (bicyclic) bond motifs is 1. The molecule has 0 spiro atoms. The van der Waals surface area contributed by atoms with Gasteiger partial charge in [0.25, 0.3) is 0 Å². The number of halogens is 1. The molecule has 3 aromatic carbocycles. The van der Waals surface area contributed by atoms with Crippen molar-refractivity contribution in [3.05, 3.63) is 77.3 Å². The lowest BCUT2D eigenvalue weighted by Crippen LogP contribution is -3.13. The fourth-order valence-corrected chi connectivity index (χ4v) is 3.75. The van der Waals surface area contributed by atoms with Crippen molar-refractivity contribution < 1.29 is 4.90 Å². The van der Waals surface area contributed by atoms with Gasteiger partial charge in [-0.2, -0.15) is 0 Å². The minimum atomic E-state index is 0.818. The standard InChI is InChI=1S/C21H21ClN2/c22-20-6-3-7-21(15-20)24-12-10-23(11-13-24)16-17-8-9-18-4-1-2-5-19(18)14-17/h1-9,14-15H,10-13,16H2/p+1. The Morgan fingerprint density at radius 2 is 1.62 bits per heavy atom. The van der Waals surface area contributed by atoms with Crippen LogP contribution < -0.4 is 9.80 Å². The molecule has 2 nitrogen and oxygen atoms in total. The second-order valence-corrected chi connectivity index (χ2v) is 7.01. The zero-order chi connectivity index (χ0) is 16.4. The van der Waals surface area contributed by atoms with Crippen LogP contribution in [0.5, 0.6) is 0 Å². The second kappa shape index (κ2) is 6.84. The summed E-state index contributed by atoms with van der Waals surface area (Å²) in [4.78, 5) is 4.10. The summed E-state index contributed by atoms with van der Waals surface area (Å²) in [5, 5.41) is 3.48. The van der Waals surface area contributed by atoms with Gasteiger partial charge in [-0.05, 0) is 35.0 Å². The van der Waals surface area contributed by atoms with Gasteiger partial charge in [-0.1, -0.05) is 54.1 Å². The summed E-state index contributed by atoms with van der Waals surface area (Å²) in [5.41, 5.74) is 2.67. The number of quaternary nitrogens is 1. The number of anilines is 1. The lowest BCUT2D eigenvalue weighted by atomic mass is 10.1. The van der Waals surface area contributed by atoms with E-state index in [9.17, 15) is 0 Å². The van der Waals surface area contributed by atoms with E-state index in [0.717, 1.165) is 24.7 Å². The Bertz CT molecular complexity index is 838. The van der Waals surface area contributed by atoms with Crippen molar-refractivity contribution in [1.29, 1.82) is 0 Å². The van der Waals surface area contributed by atoms with E-state index < -0.39 is 0 Å². The molecule has 0 aliphatic carbocycles. The van der Waals surface area contributed by atoms with Gasteiger partial charge < -0.3 is 9.80 Å². The molecule has 122 valence electrons. The van der Waals surface area contributed by atoms with Gasteiger partial charge >= 0.3 is 0 Å². The van der Waals surface area contributed by atoms with Crippen LogP contribution in [0.4, 0.5) is 5.69 Å². The number of piperazine rings is 1. The van der Waals surface area contributed by atoms with Crippen LogP contribution in [0.2, 0.25) is 5.02 Å². The fourth-order valence-electron chi connectivity index (χ4n) is 3.57. The van der Waals surface area contributed by atoms with Crippen LogP contribution in [0.3, 0.4) is 0 Å². The highest BCUT2D eigenvalue weighted by Crippen LogP contribution is 2.19. The number of hydrogen-bond donors (Lipinski definition) is 1. The van der Waals surface area contributed by atoms with Crippen molar-refractivity contribution in [2.75, 3.05) is 31.1 Å². The van der Waals surface area contributed by atoms with Gasteiger partial charge in [-0.15, -0.1) is 0 Å². The highest BCUT2D eigenvalue weighted by Gasteiger charge is 2.20. The van der Waals surface area contributed by atoms with Gasteiger partial charge in [0, 0.05) is 16.3 Å². The molecule has 0 amide bonds. The minimum Gasteiger partial charge on any atom is -0.360 e. The summed E-state index contributed by atoms with van der Waals surface area (Å²) in [5.74, 6) is 0. The zero-order valence-electron chi connectivity index (χ0n) is 13.7. The second-order valence-electron chi connectivity index (χ2n) is 6.58. The van der Waals surface area contributed by atoms with E-state index in [-0.39, 0.29) is 0 Å². The summed E-state index contributed by atoms with van der Waals surface area (Å²) in [6.45, 7) is 5.61. The van der Waals surface area contributed by atoms with Crippen LogP contribution in [-0.2, 0) is 6.54 Å². The zero-order valence-corrected chi connectivity index (χ0v) is 14.5. The fraction of sp³-hybridized carbons (Fsp3) is 0.238. The first-order valence-electron chi connectivity index (χ1n) is 8.60. The molecule has 1 saturated heterocycles. The number of nitrogens with zero attached hydrogens (tertiary/aromatic N) is 1. The third kappa shape index (κ3) is 3.40. The molecule has 24 heavy (non-hydrogen) atoms. The molecule has 0 unspecified atom stereocenters. The van der Waals surface area contributed by atoms with E-state index >= 15 is 0 Å². The SMILES string of the molecule is Clc1cccc(N2CC[NH+](Cc3ccc4ccccc4c3)CC2)c1. The van der Waals surface area contributed by atoms with Crippen LogP contribution in [0.15, 0.2) is 66.7 Å². The molecule has 0 radical (unpaired) electrons. The Labute approximate surface area is 148 Å². The Morgan fingerprint density at radius 3 is 2.42 bits per heavy atom. The predicted molar refractivity (Wildman–Crippen MR) is 102 cm³/mol. The van der Waals surface area contributed by atoms with E-state index in [1.54, 1.807) is 4.90 Å². The third-order valence-electron chi connectivity index (χ3n) is 4.91. The first kappa shape index (κ1) is 15.5. The Hall–Kier alpha value is -2.03. The first-order valence-corrected chi connectivity index (χ1v) is 8.97. The lowest BCUT2D eigenvalue weighted by Gasteiger charge is -2.33. The van der Waals surface area contributed by atoms with Gasteiger partial charge in [0.05, 0.1) is 26.2 Å². The minimum absolute atomic E-state index is 0.818. The molecule has 1 fully saturated rings. The largest absolute Gasteiger partial charge is 0.360 e. The van der Waals surface area contributed by atoms with Crippen LogP contribution in [0.1, 0.15) is 5.56 Å². The quantitative estimate of drug-likeness (QED) is 0.769. The normalized spacial score (nSPS) is 15.8. The maximum atomic E-state index is 6.12. The number of benzene rings is 3. The highest BCUT2D eigenvalue weighted by molar-refractivity contribution is 6.30. The molecule has 0 saturated carbocycles. The molecule has 1 aliphatic heterocycles. The molecular formula is C21H22ClN2+. The van der Waals surface area contributed by atoms with E-state index in [0.29, 0.717) is 0 Å². The summed E-state index contributed by atoms with van der Waals surface area (Å²) in [7, 11) is 0. The van der Waals surface area contributed by atoms with Crippen molar-refractivity contribution in [2.45, 2.75) is 6.54 Å². The third-order valence-corrected chi connectivity index (χ3v) is 5.15. The van der Waals surface area contributed by atoms with Crippen molar-refractivity contribution in [2.24, 2.45) is 0 Å². The Balaban J connectivity index is 1.40. The molecule has 3 aromatic rings. The lowest BCUT2D eigenvalue weighted by molar-refractivity contribution is -0.914. The van der Waals surface area contributed by atoms with Gasteiger partial charge in [0.1, 0.15) is 6.54 Å². The number of rotatable bonds is 3. The average molecular weight is 338 g/mol.